The Morgan fingerprint density at radius 2 is 2.46 bits per heavy atom. The highest BCUT2D eigenvalue weighted by atomic mass is 79.9. The van der Waals surface area contributed by atoms with Crippen molar-refractivity contribution in [3.05, 3.63) is 28.2 Å². The van der Waals surface area contributed by atoms with Crippen LogP contribution < -0.4 is 5.32 Å². The van der Waals surface area contributed by atoms with Gasteiger partial charge in [-0.3, -0.25) is 0 Å². The minimum Gasteiger partial charge on any atom is -0.309 e. The number of nitrogens with one attached hydrogen (secondary N) is 1. The van der Waals surface area contributed by atoms with E-state index in [2.05, 4.69) is 46.4 Å². The first-order chi connectivity index (χ1) is 6.31. The van der Waals surface area contributed by atoms with Gasteiger partial charge in [0, 0.05) is 21.2 Å². The van der Waals surface area contributed by atoms with Gasteiger partial charge in [-0.25, -0.2) is 0 Å². The molecule has 3 heteroatoms. The molecule has 0 fully saturated rings. The fourth-order valence-electron chi connectivity index (χ4n) is 1.60. The zero-order chi connectivity index (χ0) is 9.26. The third-order valence-corrected chi connectivity index (χ3v) is 3.88. The number of halogens is 1. The average Bonchev–Trinajstić information content (AvgIpc) is 2.49. The zero-order valence-corrected chi connectivity index (χ0v) is 9.91. The van der Waals surface area contributed by atoms with Crippen LogP contribution in [0, 0.1) is 0 Å². The molecule has 0 saturated heterocycles. The summed E-state index contributed by atoms with van der Waals surface area (Å²) in [6, 6.07) is 7.08. The number of thioether (sulfide) groups is 1. The second kappa shape index (κ2) is 4.03. The van der Waals surface area contributed by atoms with Crippen molar-refractivity contribution < 1.29 is 0 Å². The van der Waals surface area contributed by atoms with Crippen molar-refractivity contribution in [2.24, 2.45) is 0 Å². The molecular formula is C10H12BrNS. The summed E-state index contributed by atoms with van der Waals surface area (Å²) in [6.45, 7) is 3.19. The summed E-state index contributed by atoms with van der Waals surface area (Å²) in [6.07, 6.45) is 0. The number of benzene rings is 1. The molecule has 1 unspecified atom stereocenters. The van der Waals surface area contributed by atoms with Gasteiger partial charge in [0.25, 0.3) is 0 Å². The molecule has 0 radical (unpaired) electrons. The Kier molecular flexibility index (Phi) is 2.96. The second-order valence-corrected chi connectivity index (χ2v) is 5.08. The SMILES string of the molecule is CCNC1CSc2ccc(Br)cc21. The van der Waals surface area contributed by atoms with Gasteiger partial charge in [0.1, 0.15) is 0 Å². The zero-order valence-electron chi connectivity index (χ0n) is 7.51. The Hall–Kier alpha value is 0.01000. The standard InChI is InChI=1S/C10H12BrNS/c1-2-12-9-6-13-10-4-3-7(11)5-8(9)10/h3-5,9,12H,2,6H2,1H3. The van der Waals surface area contributed by atoms with Gasteiger partial charge in [-0.2, -0.15) is 0 Å². The molecule has 13 heavy (non-hydrogen) atoms. The average molecular weight is 258 g/mol. The summed E-state index contributed by atoms with van der Waals surface area (Å²) in [5.74, 6) is 1.17. The van der Waals surface area contributed by atoms with Crippen LogP contribution in [0.15, 0.2) is 27.6 Å². The predicted octanol–water partition coefficient (Wildman–Crippen LogP) is 3.21. The molecule has 1 heterocycles. The van der Waals surface area contributed by atoms with E-state index in [0.29, 0.717) is 6.04 Å². The number of hydrogen-bond donors (Lipinski definition) is 1. The highest BCUT2D eigenvalue weighted by molar-refractivity contribution is 9.10. The van der Waals surface area contributed by atoms with Gasteiger partial charge in [0.2, 0.25) is 0 Å². The second-order valence-electron chi connectivity index (χ2n) is 3.10. The van der Waals surface area contributed by atoms with E-state index < -0.39 is 0 Å². The van der Waals surface area contributed by atoms with E-state index in [1.54, 1.807) is 0 Å². The van der Waals surface area contributed by atoms with E-state index in [1.165, 1.54) is 20.7 Å². The summed E-state index contributed by atoms with van der Waals surface area (Å²) in [4.78, 5) is 1.43. The van der Waals surface area contributed by atoms with Gasteiger partial charge in [0.05, 0.1) is 0 Å². The minimum atomic E-state index is 0.544. The monoisotopic (exact) mass is 257 g/mol. The van der Waals surface area contributed by atoms with Crippen LogP contribution >= 0.6 is 27.7 Å². The fraction of sp³-hybridized carbons (Fsp3) is 0.400. The van der Waals surface area contributed by atoms with Crippen LogP contribution in [0.3, 0.4) is 0 Å². The Bertz CT molecular complexity index is 312. The lowest BCUT2D eigenvalue weighted by molar-refractivity contribution is 0.607. The van der Waals surface area contributed by atoms with Crippen molar-refractivity contribution >= 4 is 27.7 Å². The van der Waals surface area contributed by atoms with Crippen LogP contribution in [0.2, 0.25) is 0 Å². The molecule has 0 amide bonds. The minimum absolute atomic E-state index is 0.544. The lowest BCUT2D eigenvalue weighted by Gasteiger charge is -2.10. The molecule has 1 aromatic rings. The summed E-state index contributed by atoms with van der Waals surface area (Å²) >= 11 is 5.45. The highest BCUT2D eigenvalue weighted by Crippen LogP contribution is 2.39. The van der Waals surface area contributed by atoms with Crippen LogP contribution in [0.5, 0.6) is 0 Å². The van der Waals surface area contributed by atoms with Crippen LogP contribution in [0.25, 0.3) is 0 Å². The lowest BCUT2D eigenvalue weighted by Crippen LogP contribution is -2.20. The van der Waals surface area contributed by atoms with Crippen LogP contribution in [0.1, 0.15) is 18.5 Å². The molecular weight excluding hydrogens is 246 g/mol. The van der Waals surface area contributed by atoms with Gasteiger partial charge in [-0.05, 0) is 30.3 Å². The molecule has 0 saturated carbocycles. The highest BCUT2D eigenvalue weighted by Gasteiger charge is 2.21. The third-order valence-electron chi connectivity index (χ3n) is 2.20. The molecule has 1 aliphatic heterocycles. The van der Waals surface area contributed by atoms with Crippen molar-refractivity contribution in [3.8, 4) is 0 Å². The maximum atomic E-state index is 3.51. The van der Waals surface area contributed by atoms with Crippen LogP contribution in [-0.2, 0) is 0 Å². The van der Waals surface area contributed by atoms with E-state index >= 15 is 0 Å². The molecule has 1 atom stereocenters. The lowest BCUT2D eigenvalue weighted by atomic mass is 10.1. The Morgan fingerprint density at radius 3 is 3.23 bits per heavy atom. The molecule has 0 aromatic heterocycles. The number of fused-ring (bicyclic) bond motifs is 1. The first-order valence-corrected chi connectivity index (χ1v) is 6.24. The number of hydrogen-bond acceptors (Lipinski definition) is 2. The summed E-state index contributed by atoms with van der Waals surface area (Å²) < 4.78 is 1.18. The molecule has 0 aliphatic carbocycles. The molecule has 0 bridgehead atoms. The fourth-order valence-corrected chi connectivity index (χ4v) is 3.16. The van der Waals surface area contributed by atoms with Crippen molar-refractivity contribution in [1.29, 1.82) is 0 Å². The molecule has 1 N–H and O–H groups in total. The largest absolute Gasteiger partial charge is 0.309 e. The van der Waals surface area contributed by atoms with E-state index in [0.717, 1.165) is 6.54 Å². The summed E-state index contributed by atoms with van der Waals surface area (Å²) in [5, 5.41) is 3.49. The topological polar surface area (TPSA) is 12.0 Å². The first kappa shape index (κ1) is 9.56. The van der Waals surface area contributed by atoms with Crippen molar-refractivity contribution in [2.75, 3.05) is 12.3 Å². The van der Waals surface area contributed by atoms with Crippen LogP contribution in [0.4, 0.5) is 0 Å². The Labute approximate surface area is 91.4 Å². The van der Waals surface area contributed by atoms with Crippen molar-refractivity contribution in [3.63, 3.8) is 0 Å². The van der Waals surface area contributed by atoms with Gasteiger partial charge in [-0.15, -0.1) is 11.8 Å². The van der Waals surface area contributed by atoms with E-state index in [9.17, 15) is 0 Å². The molecule has 1 aliphatic rings. The maximum absolute atomic E-state index is 3.51. The number of rotatable bonds is 2. The van der Waals surface area contributed by atoms with Crippen molar-refractivity contribution in [1.82, 2.24) is 5.32 Å². The molecule has 0 spiro atoms. The predicted molar refractivity (Wildman–Crippen MR) is 61.3 cm³/mol. The van der Waals surface area contributed by atoms with Gasteiger partial charge in [0.15, 0.2) is 0 Å². The van der Waals surface area contributed by atoms with E-state index in [-0.39, 0.29) is 0 Å². The Morgan fingerprint density at radius 1 is 1.62 bits per heavy atom. The van der Waals surface area contributed by atoms with Gasteiger partial charge < -0.3 is 5.32 Å². The third kappa shape index (κ3) is 1.92. The molecule has 1 nitrogen and oxygen atoms in total. The summed E-state index contributed by atoms with van der Waals surface area (Å²) in [7, 11) is 0. The first-order valence-electron chi connectivity index (χ1n) is 4.47. The maximum Gasteiger partial charge on any atom is 0.0426 e. The van der Waals surface area contributed by atoms with Crippen molar-refractivity contribution in [2.45, 2.75) is 17.9 Å². The molecule has 70 valence electrons. The smallest absolute Gasteiger partial charge is 0.0426 e. The summed E-state index contributed by atoms with van der Waals surface area (Å²) in [5.41, 5.74) is 1.45. The quantitative estimate of drug-likeness (QED) is 0.874. The molecule has 2 rings (SSSR count). The van der Waals surface area contributed by atoms with E-state index in [4.69, 9.17) is 0 Å². The van der Waals surface area contributed by atoms with E-state index in [1.807, 2.05) is 11.8 Å². The van der Waals surface area contributed by atoms with Crippen LogP contribution in [-0.4, -0.2) is 12.3 Å². The normalized spacial score (nSPS) is 20.3. The van der Waals surface area contributed by atoms with Gasteiger partial charge >= 0.3 is 0 Å². The Balaban J connectivity index is 2.29. The van der Waals surface area contributed by atoms with Gasteiger partial charge in [-0.1, -0.05) is 22.9 Å². The molecule has 1 aromatic carbocycles.